The molecule has 4 rings (SSSR count). The van der Waals surface area contributed by atoms with E-state index < -0.39 is 0 Å². The fraction of sp³-hybridized carbons (Fsp3) is 0.500. The average Bonchev–Trinajstić information content (AvgIpc) is 3.25. The molecule has 1 saturated heterocycles. The number of aromatic amines is 1. The van der Waals surface area contributed by atoms with Crippen LogP contribution in [0.25, 0.3) is 11.2 Å². The molecule has 9 heteroatoms. The molecule has 5 N–H and O–H groups in total. The Hall–Kier alpha value is -2.68. The Bertz CT molecular complexity index is 899. The molecule has 1 atom stereocenters. The van der Waals surface area contributed by atoms with E-state index in [4.69, 9.17) is 16.0 Å². The molecule has 0 aromatic carbocycles. The first-order chi connectivity index (χ1) is 12.0. The van der Waals surface area contributed by atoms with Gasteiger partial charge in [-0.2, -0.15) is 9.97 Å². The summed E-state index contributed by atoms with van der Waals surface area (Å²) in [6.07, 6.45) is 1.01. The predicted molar refractivity (Wildman–Crippen MR) is 93.7 cm³/mol. The molecule has 1 aliphatic heterocycles. The monoisotopic (exact) mass is 342 g/mol. The van der Waals surface area contributed by atoms with Crippen molar-refractivity contribution in [3.05, 3.63) is 23.3 Å². The number of anilines is 2. The van der Waals surface area contributed by atoms with Crippen molar-refractivity contribution >= 4 is 22.9 Å². The standard InChI is InChI=1S/C16H22N8O/c1-8(2)11-5-10(25-23-11)7-24-4-3-9(6-24)14-19-12-13(17)20-16(18)22-15(12)21-14/h5,8-9H,3-4,6-7H2,1-2H3,(H5,17,18,19,20,21,22). The van der Waals surface area contributed by atoms with E-state index in [-0.39, 0.29) is 5.95 Å². The zero-order valence-corrected chi connectivity index (χ0v) is 14.4. The SMILES string of the molecule is CC(C)c1cc(CN2CCC(c3nc4nc(N)nc(N)c4[nH]3)C2)on1. The van der Waals surface area contributed by atoms with Gasteiger partial charge in [-0.3, -0.25) is 4.90 Å². The lowest BCUT2D eigenvalue weighted by molar-refractivity contribution is 0.269. The van der Waals surface area contributed by atoms with E-state index in [0.717, 1.165) is 43.3 Å². The van der Waals surface area contributed by atoms with Crippen LogP contribution in [-0.2, 0) is 6.54 Å². The van der Waals surface area contributed by atoms with Gasteiger partial charge in [-0.1, -0.05) is 19.0 Å². The van der Waals surface area contributed by atoms with Crippen molar-refractivity contribution in [2.45, 2.75) is 38.6 Å². The molecular weight excluding hydrogens is 320 g/mol. The van der Waals surface area contributed by atoms with Gasteiger partial charge in [0.2, 0.25) is 5.95 Å². The number of nitrogens with two attached hydrogens (primary N) is 2. The molecule has 0 bridgehead atoms. The number of rotatable bonds is 4. The molecule has 132 valence electrons. The molecular formula is C16H22N8O. The third-order valence-corrected chi connectivity index (χ3v) is 4.62. The summed E-state index contributed by atoms with van der Waals surface area (Å²) in [5, 5.41) is 4.12. The second-order valence-corrected chi connectivity index (χ2v) is 6.88. The lowest BCUT2D eigenvalue weighted by atomic mass is 10.1. The van der Waals surface area contributed by atoms with Crippen molar-refractivity contribution in [3.8, 4) is 0 Å². The number of nitrogens with zero attached hydrogens (tertiary/aromatic N) is 5. The summed E-state index contributed by atoms with van der Waals surface area (Å²) in [4.78, 5) is 18.3. The van der Waals surface area contributed by atoms with Gasteiger partial charge in [0.25, 0.3) is 0 Å². The summed E-state index contributed by atoms with van der Waals surface area (Å²) in [5.41, 5.74) is 13.7. The molecule has 0 aliphatic carbocycles. The van der Waals surface area contributed by atoms with Gasteiger partial charge in [0, 0.05) is 18.5 Å². The van der Waals surface area contributed by atoms with Gasteiger partial charge >= 0.3 is 0 Å². The Morgan fingerprint density at radius 1 is 1.32 bits per heavy atom. The molecule has 0 saturated carbocycles. The maximum Gasteiger partial charge on any atom is 0.224 e. The van der Waals surface area contributed by atoms with Crippen molar-refractivity contribution in [3.63, 3.8) is 0 Å². The molecule has 1 fully saturated rings. The predicted octanol–water partition coefficient (Wildman–Crippen LogP) is 1.62. The first kappa shape index (κ1) is 15.8. The number of hydrogen-bond acceptors (Lipinski definition) is 8. The normalized spacial score (nSPS) is 18.6. The highest BCUT2D eigenvalue weighted by Crippen LogP contribution is 2.29. The molecule has 1 aliphatic rings. The van der Waals surface area contributed by atoms with E-state index in [2.05, 4.69) is 43.8 Å². The third kappa shape index (κ3) is 3.02. The molecule has 9 nitrogen and oxygen atoms in total. The van der Waals surface area contributed by atoms with Crippen molar-refractivity contribution in [1.82, 2.24) is 30.0 Å². The minimum atomic E-state index is 0.141. The quantitative estimate of drug-likeness (QED) is 0.650. The van der Waals surface area contributed by atoms with Crippen LogP contribution < -0.4 is 11.5 Å². The highest BCUT2D eigenvalue weighted by Gasteiger charge is 2.28. The molecule has 4 heterocycles. The van der Waals surface area contributed by atoms with Gasteiger partial charge in [0.05, 0.1) is 12.2 Å². The van der Waals surface area contributed by atoms with Gasteiger partial charge in [0.15, 0.2) is 17.2 Å². The fourth-order valence-corrected chi connectivity index (χ4v) is 3.24. The van der Waals surface area contributed by atoms with Gasteiger partial charge in [-0.25, -0.2) is 4.98 Å². The van der Waals surface area contributed by atoms with Crippen molar-refractivity contribution in [2.24, 2.45) is 0 Å². The Balaban J connectivity index is 1.47. The minimum absolute atomic E-state index is 0.141. The van der Waals surface area contributed by atoms with Gasteiger partial charge in [-0.15, -0.1) is 0 Å². The first-order valence-electron chi connectivity index (χ1n) is 8.46. The Morgan fingerprint density at radius 3 is 2.92 bits per heavy atom. The topological polar surface area (TPSA) is 136 Å². The smallest absolute Gasteiger partial charge is 0.224 e. The number of aromatic nitrogens is 5. The third-order valence-electron chi connectivity index (χ3n) is 4.62. The second kappa shape index (κ2) is 5.99. The Kier molecular flexibility index (Phi) is 3.79. The molecule has 0 amide bonds. The molecule has 0 radical (unpaired) electrons. The van der Waals surface area contributed by atoms with Gasteiger partial charge in [-0.05, 0) is 18.9 Å². The number of hydrogen-bond donors (Lipinski definition) is 3. The van der Waals surface area contributed by atoms with Crippen LogP contribution in [0.1, 0.15) is 49.4 Å². The highest BCUT2D eigenvalue weighted by atomic mass is 16.5. The largest absolute Gasteiger partial charge is 0.382 e. The molecule has 0 spiro atoms. The highest BCUT2D eigenvalue weighted by molar-refractivity contribution is 5.82. The summed E-state index contributed by atoms with van der Waals surface area (Å²) in [6, 6.07) is 2.04. The van der Waals surface area contributed by atoms with Crippen LogP contribution >= 0.6 is 0 Å². The van der Waals surface area contributed by atoms with E-state index >= 15 is 0 Å². The summed E-state index contributed by atoms with van der Waals surface area (Å²) < 4.78 is 5.44. The summed E-state index contributed by atoms with van der Waals surface area (Å²) in [6.45, 7) is 6.83. The van der Waals surface area contributed by atoms with Crippen LogP contribution in [0, 0.1) is 0 Å². The van der Waals surface area contributed by atoms with Crippen LogP contribution in [0.2, 0.25) is 0 Å². The van der Waals surface area contributed by atoms with Crippen molar-refractivity contribution in [1.29, 1.82) is 0 Å². The summed E-state index contributed by atoms with van der Waals surface area (Å²) >= 11 is 0. The van der Waals surface area contributed by atoms with E-state index in [0.29, 0.717) is 28.8 Å². The second-order valence-electron chi connectivity index (χ2n) is 6.88. The molecule has 25 heavy (non-hydrogen) atoms. The number of nitrogen functional groups attached to an aromatic ring is 2. The van der Waals surface area contributed by atoms with Crippen molar-refractivity contribution < 1.29 is 4.52 Å². The maximum absolute atomic E-state index is 5.89. The number of H-pyrrole nitrogens is 1. The van der Waals surface area contributed by atoms with Gasteiger partial charge < -0.3 is 21.0 Å². The number of fused-ring (bicyclic) bond motifs is 1. The minimum Gasteiger partial charge on any atom is -0.382 e. The molecule has 3 aromatic heterocycles. The van der Waals surface area contributed by atoms with E-state index in [1.165, 1.54) is 0 Å². The number of likely N-dealkylation sites (tertiary alicyclic amines) is 1. The zero-order chi connectivity index (χ0) is 17.6. The first-order valence-corrected chi connectivity index (χ1v) is 8.46. The van der Waals surface area contributed by atoms with Crippen LogP contribution in [0.3, 0.4) is 0 Å². The number of imidazole rings is 1. The summed E-state index contributed by atoms with van der Waals surface area (Å²) in [5.74, 6) is 2.92. The van der Waals surface area contributed by atoms with Crippen molar-refractivity contribution in [2.75, 3.05) is 24.6 Å². The van der Waals surface area contributed by atoms with Crippen LogP contribution in [0.4, 0.5) is 11.8 Å². The van der Waals surface area contributed by atoms with E-state index in [1.54, 1.807) is 0 Å². The summed E-state index contributed by atoms with van der Waals surface area (Å²) in [7, 11) is 0. The van der Waals surface area contributed by atoms with Crippen LogP contribution in [-0.4, -0.2) is 43.1 Å². The fourth-order valence-electron chi connectivity index (χ4n) is 3.24. The van der Waals surface area contributed by atoms with Crippen LogP contribution in [0.15, 0.2) is 10.6 Å². The van der Waals surface area contributed by atoms with Crippen LogP contribution in [0.5, 0.6) is 0 Å². The Labute approximate surface area is 144 Å². The Morgan fingerprint density at radius 2 is 2.16 bits per heavy atom. The molecule has 1 unspecified atom stereocenters. The lowest BCUT2D eigenvalue weighted by Crippen LogP contribution is -2.19. The maximum atomic E-state index is 5.89. The number of nitrogens with one attached hydrogen (secondary N) is 1. The average molecular weight is 342 g/mol. The zero-order valence-electron chi connectivity index (χ0n) is 14.4. The lowest BCUT2D eigenvalue weighted by Gasteiger charge is -2.12. The van der Waals surface area contributed by atoms with E-state index in [9.17, 15) is 0 Å². The van der Waals surface area contributed by atoms with E-state index in [1.807, 2.05) is 6.07 Å². The molecule has 3 aromatic rings. The van der Waals surface area contributed by atoms with Gasteiger partial charge in [0.1, 0.15) is 11.3 Å².